The van der Waals surface area contributed by atoms with Gasteiger partial charge < -0.3 is 14.2 Å². The van der Waals surface area contributed by atoms with Crippen molar-refractivity contribution >= 4 is 23.0 Å². The second-order valence-electron chi connectivity index (χ2n) is 6.83. The van der Waals surface area contributed by atoms with Crippen molar-refractivity contribution in [3.05, 3.63) is 98.1 Å². The normalized spacial score (nSPS) is 10.8. The minimum atomic E-state index is -0.500. The summed E-state index contributed by atoms with van der Waals surface area (Å²) in [6.07, 6.45) is 1.64. The Morgan fingerprint density at radius 3 is 2.03 bits per heavy atom. The van der Waals surface area contributed by atoms with Crippen molar-refractivity contribution in [3.63, 3.8) is 0 Å². The van der Waals surface area contributed by atoms with Gasteiger partial charge in [0, 0.05) is 24.3 Å². The highest BCUT2D eigenvalue weighted by Crippen LogP contribution is 2.30. The third-order valence-corrected chi connectivity index (χ3v) is 4.67. The minimum absolute atomic E-state index is 0.0180. The van der Waals surface area contributed by atoms with Gasteiger partial charge >= 0.3 is 0 Å². The summed E-state index contributed by atoms with van der Waals surface area (Å²) in [5.74, 6) is 1.41. The Hall–Kier alpha value is -4.91. The number of nitriles is 1. The lowest BCUT2D eigenvalue weighted by Gasteiger charge is -2.12. The maximum absolute atomic E-state index is 10.8. The smallest absolute Gasteiger partial charge is 0.269 e. The zero-order valence-electron chi connectivity index (χ0n) is 18.0. The largest absolute Gasteiger partial charge is 0.493 e. The first-order chi connectivity index (χ1) is 16.4. The number of nitrogens with zero attached hydrogens (tertiary/aromatic N) is 3. The number of methoxy groups -OCH3 is 1. The molecule has 10 nitrogen and oxygen atoms in total. The van der Waals surface area contributed by atoms with Crippen molar-refractivity contribution in [2.45, 2.75) is 0 Å². The van der Waals surface area contributed by atoms with Crippen molar-refractivity contribution in [2.75, 3.05) is 20.3 Å². The highest BCUT2D eigenvalue weighted by Gasteiger charge is 2.10. The number of rotatable bonds is 10. The van der Waals surface area contributed by atoms with Crippen molar-refractivity contribution in [1.82, 2.24) is 0 Å². The monoisotopic (exact) mass is 461 g/mol. The Bertz CT molecular complexity index is 1250. The van der Waals surface area contributed by atoms with Gasteiger partial charge in [-0.1, -0.05) is 6.07 Å². The molecule has 0 saturated carbocycles. The van der Waals surface area contributed by atoms with E-state index in [1.54, 1.807) is 24.3 Å². The summed E-state index contributed by atoms with van der Waals surface area (Å²) < 4.78 is 16.6. The van der Waals surface area contributed by atoms with Crippen LogP contribution in [0.3, 0.4) is 0 Å². The van der Waals surface area contributed by atoms with Gasteiger partial charge in [0.25, 0.3) is 11.4 Å². The Balaban J connectivity index is 1.64. The van der Waals surface area contributed by atoms with Crippen LogP contribution in [0.15, 0.2) is 66.7 Å². The number of nitro benzene ring substituents is 2. The van der Waals surface area contributed by atoms with Gasteiger partial charge in [0.1, 0.15) is 19.0 Å². The fourth-order valence-electron chi connectivity index (χ4n) is 2.98. The van der Waals surface area contributed by atoms with Crippen LogP contribution in [0.4, 0.5) is 11.4 Å². The molecule has 0 radical (unpaired) electrons. The Morgan fingerprint density at radius 1 is 0.882 bits per heavy atom. The molecule has 172 valence electrons. The van der Waals surface area contributed by atoms with Crippen LogP contribution < -0.4 is 14.2 Å². The SMILES string of the molecule is COc1cc(/C=C(\C#N)c2ccc([N+](=O)[O-])cc2)ccc1OCCOc1ccc([N+](=O)[O-])cc1. The first-order valence-electron chi connectivity index (χ1n) is 9.96. The fourth-order valence-corrected chi connectivity index (χ4v) is 2.98. The number of benzene rings is 3. The molecule has 0 spiro atoms. The topological polar surface area (TPSA) is 138 Å². The molecule has 0 aliphatic heterocycles. The lowest BCUT2D eigenvalue weighted by atomic mass is 10.0. The standard InChI is InChI=1S/C24H19N3O7/c1-32-24-15-17(14-19(16-25)18-3-5-20(6-4-18)26(28)29)2-11-23(24)34-13-12-33-22-9-7-21(8-10-22)27(30)31/h2-11,14-15H,12-13H2,1H3/b19-14+. The molecule has 0 heterocycles. The molecule has 0 saturated heterocycles. The Kier molecular flexibility index (Phi) is 7.75. The van der Waals surface area contributed by atoms with Crippen LogP contribution in [0.25, 0.3) is 11.6 Å². The highest BCUT2D eigenvalue weighted by molar-refractivity contribution is 5.90. The predicted molar refractivity (Wildman–Crippen MR) is 124 cm³/mol. The zero-order valence-corrected chi connectivity index (χ0v) is 18.0. The molecule has 3 aromatic carbocycles. The van der Waals surface area contributed by atoms with E-state index in [9.17, 15) is 25.5 Å². The molecule has 0 aromatic heterocycles. The maximum atomic E-state index is 10.8. The molecule has 10 heteroatoms. The van der Waals surface area contributed by atoms with Crippen LogP contribution in [0, 0.1) is 31.6 Å². The first kappa shape index (κ1) is 23.7. The van der Waals surface area contributed by atoms with E-state index in [-0.39, 0.29) is 24.6 Å². The molecule has 3 rings (SSSR count). The molecule has 0 unspecified atom stereocenters. The van der Waals surface area contributed by atoms with Gasteiger partial charge in [-0.3, -0.25) is 20.2 Å². The van der Waals surface area contributed by atoms with E-state index in [2.05, 4.69) is 6.07 Å². The average Bonchev–Trinajstić information content (AvgIpc) is 2.85. The van der Waals surface area contributed by atoms with E-state index < -0.39 is 9.85 Å². The molecule has 0 bridgehead atoms. The number of ether oxygens (including phenoxy) is 3. The molecule has 0 aliphatic rings. The van der Waals surface area contributed by atoms with Gasteiger partial charge in [-0.05, 0) is 53.6 Å². The van der Waals surface area contributed by atoms with E-state index >= 15 is 0 Å². The van der Waals surface area contributed by atoms with E-state index in [0.29, 0.717) is 33.9 Å². The van der Waals surface area contributed by atoms with Crippen LogP contribution in [0.5, 0.6) is 17.2 Å². The molecule has 34 heavy (non-hydrogen) atoms. The summed E-state index contributed by atoms with van der Waals surface area (Å²) >= 11 is 0. The van der Waals surface area contributed by atoms with Crippen molar-refractivity contribution in [1.29, 1.82) is 5.26 Å². The summed E-state index contributed by atoms with van der Waals surface area (Å²) in [6, 6.07) is 18.7. The van der Waals surface area contributed by atoms with Gasteiger partial charge in [0.15, 0.2) is 11.5 Å². The zero-order chi connectivity index (χ0) is 24.5. The molecule has 0 atom stereocenters. The Labute approximate surface area is 194 Å². The summed E-state index contributed by atoms with van der Waals surface area (Å²) in [5.41, 5.74) is 1.50. The van der Waals surface area contributed by atoms with E-state index in [0.717, 1.165) is 0 Å². The molecule has 0 amide bonds. The van der Waals surface area contributed by atoms with Crippen molar-refractivity contribution in [2.24, 2.45) is 0 Å². The van der Waals surface area contributed by atoms with Gasteiger partial charge in [0.05, 0.1) is 28.6 Å². The van der Waals surface area contributed by atoms with Crippen LogP contribution in [0.2, 0.25) is 0 Å². The number of hydrogen-bond donors (Lipinski definition) is 0. The second-order valence-corrected chi connectivity index (χ2v) is 6.83. The third kappa shape index (κ3) is 6.08. The Morgan fingerprint density at radius 2 is 1.47 bits per heavy atom. The lowest BCUT2D eigenvalue weighted by Crippen LogP contribution is -2.09. The second kappa shape index (κ2) is 11.1. The minimum Gasteiger partial charge on any atom is -0.493 e. The summed E-state index contributed by atoms with van der Waals surface area (Å²) in [6.45, 7) is 0.413. The van der Waals surface area contributed by atoms with E-state index in [1.807, 2.05) is 0 Å². The maximum Gasteiger partial charge on any atom is 0.269 e. The molecule has 3 aromatic rings. The summed E-state index contributed by atoms with van der Waals surface area (Å²) in [5, 5.41) is 31.0. The molecule has 0 aliphatic carbocycles. The molecular weight excluding hydrogens is 442 g/mol. The molecule has 0 N–H and O–H groups in total. The highest BCUT2D eigenvalue weighted by atomic mass is 16.6. The van der Waals surface area contributed by atoms with Crippen molar-refractivity contribution < 1.29 is 24.1 Å². The third-order valence-electron chi connectivity index (χ3n) is 4.67. The average molecular weight is 461 g/mol. The fraction of sp³-hybridized carbons (Fsp3) is 0.125. The van der Waals surface area contributed by atoms with E-state index in [1.165, 1.54) is 55.6 Å². The van der Waals surface area contributed by atoms with Crippen LogP contribution in [0.1, 0.15) is 11.1 Å². The van der Waals surface area contributed by atoms with Crippen LogP contribution >= 0.6 is 0 Å². The first-order valence-corrected chi connectivity index (χ1v) is 9.96. The molecular formula is C24H19N3O7. The predicted octanol–water partition coefficient (Wildman–Crippen LogP) is 5.03. The number of non-ortho nitro benzene ring substituents is 2. The number of hydrogen-bond acceptors (Lipinski definition) is 8. The van der Waals surface area contributed by atoms with Gasteiger partial charge in [-0.2, -0.15) is 5.26 Å². The number of allylic oxidation sites excluding steroid dienone is 1. The van der Waals surface area contributed by atoms with E-state index in [4.69, 9.17) is 14.2 Å². The quantitative estimate of drug-likeness (QED) is 0.135. The number of nitro groups is 2. The summed E-state index contributed by atoms with van der Waals surface area (Å²) in [4.78, 5) is 20.5. The van der Waals surface area contributed by atoms with Crippen LogP contribution in [-0.4, -0.2) is 30.2 Å². The lowest BCUT2D eigenvalue weighted by molar-refractivity contribution is -0.385. The van der Waals surface area contributed by atoms with Crippen molar-refractivity contribution in [3.8, 4) is 23.3 Å². The molecule has 0 fully saturated rings. The van der Waals surface area contributed by atoms with Crippen LogP contribution in [-0.2, 0) is 0 Å². The van der Waals surface area contributed by atoms with Gasteiger partial charge in [0.2, 0.25) is 0 Å². The van der Waals surface area contributed by atoms with Gasteiger partial charge in [-0.25, -0.2) is 0 Å². The van der Waals surface area contributed by atoms with Gasteiger partial charge in [-0.15, -0.1) is 0 Å². The summed E-state index contributed by atoms with van der Waals surface area (Å²) in [7, 11) is 1.49.